The fourth-order valence-corrected chi connectivity index (χ4v) is 4.11. The SMILES string of the molecule is CC(C)(C)[C@H](NC(=O)C(CC(F)(F)F)NC(=O)OCC1c2ccccc2-c2ccccc21)C(=O)O. The molecule has 3 rings (SSSR count). The third-order valence-electron chi connectivity index (χ3n) is 5.79. The van der Waals surface area contributed by atoms with E-state index in [0.29, 0.717) is 0 Å². The maximum Gasteiger partial charge on any atom is 0.407 e. The first-order valence-electron chi connectivity index (χ1n) is 11.0. The van der Waals surface area contributed by atoms with Crippen molar-refractivity contribution in [1.29, 1.82) is 0 Å². The highest BCUT2D eigenvalue weighted by Crippen LogP contribution is 2.44. The quantitative estimate of drug-likeness (QED) is 0.529. The van der Waals surface area contributed by atoms with E-state index in [1.807, 2.05) is 53.8 Å². The fraction of sp³-hybridized carbons (Fsp3) is 0.400. The van der Waals surface area contributed by atoms with Crippen LogP contribution in [0.5, 0.6) is 0 Å². The largest absolute Gasteiger partial charge is 0.480 e. The molecule has 2 atom stereocenters. The second kappa shape index (κ2) is 9.97. The number of carboxylic acid groups (broad SMARTS) is 1. The van der Waals surface area contributed by atoms with Crippen molar-refractivity contribution in [2.24, 2.45) is 5.41 Å². The summed E-state index contributed by atoms with van der Waals surface area (Å²) in [6, 6.07) is 11.6. The summed E-state index contributed by atoms with van der Waals surface area (Å²) in [6.45, 7) is 4.40. The average Bonchev–Trinajstić information content (AvgIpc) is 3.07. The van der Waals surface area contributed by atoms with Gasteiger partial charge in [0.05, 0.1) is 6.42 Å². The van der Waals surface area contributed by atoms with Crippen LogP contribution in [0.25, 0.3) is 11.1 Å². The Balaban J connectivity index is 1.72. The van der Waals surface area contributed by atoms with E-state index in [0.717, 1.165) is 22.3 Å². The summed E-state index contributed by atoms with van der Waals surface area (Å²) in [5, 5.41) is 13.4. The van der Waals surface area contributed by atoms with Crippen LogP contribution < -0.4 is 10.6 Å². The summed E-state index contributed by atoms with van der Waals surface area (Å²) in [4.78, 5) is 36.5. The molecule has 0 spiro atoms. The second-order valence-electron chi connectivity index (χ2n) is 9.49. The molecular weight excluding hydrogens is 465 g/mol. The number of nitrogens with one attached hydrogen (secondary N) is 2. The number of halogens is 3. The minimum absolute atomic E-state index is 0.153. The fourth-order valence-electron chi connectivity index (χ4n) is 4.11. The summed E-state index contributed by atoms with van der Waals surface area (Å²) in [7, 11) is 0. The number of aliphatic carboxylic acids is 1. The minimum Gasteiger partial charge on any atom is -0.480 e. The molecule has 2 aromatic rings. The highest BCUT2D eigenvalue weighted by molar-refractivity contribution is 5.89. The van der Waals surface area contributed by atoms with Gasteiger partial charge in [-0.25, -0.2) is 9.59 Å². The van der Waals surface area contributed by atoms with Crippen LogP contribution in [0.3, 0.4) is 0 Å². The zero-order valence-corrected chi connectivity index (χ0v) is 19.5. The van der Waals surface area contributed by atoms with Gasteiger partial charge in [0.2, 0.25) is 5.91 Å². The molecule has 3 N–H and O–H groups in total. The zero-order valence-electron chi connectivity index (χ0n) is 19.5. The second-order valence-corrected chi connectivity index (χ2v) is 9.49. The number of ether oxygens (including phenoxy) is 1. The van der Waals surface area contributed by atoms with Crippen LogP contribution in [0.4, 0.5) is 18.0 Å². The van der Waals surface area contributed by atoms with Gasteiger partial charge in [-0.3, -0.25) is 4.79 Å². The van der Waals surface area contributed by atoms with Crippen molar-refractivity contribution in [2.45, 2.75) is 51.4 Å². The number of benzene rings is 2. The van der Waals surface area contributed by atoms with Crippen LogP contribution in [0.1, 0.15) is 44.2 Å². The predicted octanol–water partition coefficient (Wildman–Crippen LogP) is 4.46. The number of carbonyl (C=O) groups is 3. The van der Waals surface area contributed by atoms with Crippen molar-refractivity contribution in [3.8, 4) is 11.1 Å². The van der Waals surface area contributed by atoms with Gasteiger partial charge in [-0.2, -0.15) is 13.2 Å². The van der Waals surface area contributed by atoms with Crippen LogP contribution >= 0.6 is 0 Å². The number of hydrogen-bond acceptors (Lipinski definition) is 4. The van der Waals surface area contributed by atoms with Crippen molar-refractivity contribution in [2.75, 3.05) is 6.61 Å². The number of alkyl halides is 3. The Hall–Kier alpha value is -3.56. The molecule has 0 heterocycles. The molecule has 1 aliphatic carbocycles. The molecule has 35 heavy (non-hydrogen) atoms. The first-order chi connectivity index (χ1) is 16.3. The molecule has 0 aromatic heterocycles. The molecule has 10 heteroatoms. The Kier molecular flexibility index (Phi) is 7.42. The number of hydrogen-bond donors (Lipinski definition) is 3. The predicted molar refractivity (Wildman–Crippen MR) is 122 cm³/mol. The van der Waals surface area contributed by atoms with E-state index in [1.54, 1.807) is 0 Å². The molecule has 2 amide bonds. The molecule has 188 valence electrons. The van der Waals surface area contributed by atoms with Gasteiger partial charge in [0, 0.05) is 5.92 Å². The van der Waals surface area contributed by atoms with Crippen LogP contribution in [-0.2, 0) is 14.3 Å². The maximum atomic E-state index is 13.1. The number of carbonyl (C=O) groups excluding carboxylic acids is 2. The lowest BCUT2D eigenvalue weighted by Crippen LogP contribution is -2.56. The Labute approximate surface area is 200 Å². The topological polar surface area (TPSA) is 105 Å². The molecule has 0 bridgehead atoms. The Bertz CT molecular complexity index is 1070. The third-order valence-corrected chi connectivity index (χ3v) is 5.79. The molecule has 0 fully saturated rings. The van der Waals surface area contributed by atoms with E-state index in [-0.39, 0.29) is 12.5 Å². The lowest BCUT2D eigenvalue weighted by Gasteiger charge is -2.29. The average molecular weight is 492 g/mol. The number of rotatable bonds is 7. The Morgan fingerprint density at radius 1 is 0.943 bits per heavy atom. The summed E-state index contributed by atoms with van der Waals surface area (Å²) in [5.41, 5.74) is 2.82. The van der Waals surface area contributed by atoms with Crippen LogP contribution in [0, 0.1) is 5.41 Å². The first kappa shape index (κ1) is 26.1. The third kappa shape index (κ3) is 6.32. The summed E-state index contributed by atoms with van der Waals surface area (Å²) in [6.07, 6.45) is -7.68. The minimum atomic E-state index is -4.79. The Morgan fingerprint density at radius 3 is 1.91 bits per heavy atom. The van der Waals surface area contributed by atoms with Crippen LogP contribution in [0.15, 0.2) is 48.5 Å². The van der Waals surface area contributed by atoms with E-state index in [4.69, 9.17) is 4.74 Å². The van der Waals surface area contributed by atoms with Crippen LogP contribution in [-0.4, -0.2) is 47.9 Å². The van der Waals surface area contributed by atoms with Crippen molar-refractivity contribution in [1.82, 2.24) is 10.6 Å². The molecule has 2 aromatic carbocycles. The number of fused-ring (bicyclic) bond motifs is 3. The van der Waals surface area contributed by atoms with Crippen molar-refractivity contribution < 1.29 is 37.4 Å². The van der Waals surface area contributed by atoms with E-state index in [9.17, 15) is 32.7 Å². The summed E-state index contributed by atoms with van der Waals surface area (Å²) >= 11 is 0. The summed E-state index contributed by atoms with van der Waals surface area (Å²) < 4.78 is 44.6. The smallest absolute Gasteiger partial charge is 0.407 e. The lowest BCUT2D eigenvalue weighted by molar-refractivity contribution is -0.152. The zero-order chi connectivity index (χ0) is 26.0. The van der Waals surface area contributed by atoms with E-state index < -0.39 is 48.1 Å². The van der Waals surface area contributed by atoms with Gasteiger partial charge >= 0.3 is 18.2 Å². The molecular formula is C25H27F3N2O5. The van der Waals surface area contributed by atoms with Gasteiger partial charge in [-0.15, -0.1) is 0 Å². The maximum absolute atomic E-state index is 13.1. The van der Waals surface area contributed by atoms with E-state index in [1.165, 1.54) is 20.8 Å². The number of carboxylic acids is 1. The molecule has 1 unspecified atom stereocenters. The molecule has 0 saturated carbocycles. The molecule has 0 aliphatic heterocycles. The van der Waals surface area contributed by atoms with Gasteiger partial charge in [0.25, 0.3) is 0 Å². The van der Waals surface area contributed by atoms with Crippen molar-refractivity contribution in [3.05, 3.63) is 59.7 Å². The normalized spacial score (nSPS) is 14.9. The van der Waals surface area contributed by atoms with Gasteiger partial charge in [-0.05, 0) is 27.7 Å². The molecule has 1 aliphatic rings. The van der Waals surface area contributed by atoms with Gasteiger partial charge < -0.3 is 20.5 Å². The van der Waals surface area contributed by atoms with Gasteiger partial charge in [0.15, 0.2) is 0 Å². The van der Waals surface area contributed by atoms with E-state index in [2.05, 4.69) is 5.32 Å². The molecule has 0 radical (unpaired) electrons. The standard InChI is InChI=1S/C25H27F3N2O5/c1-24(2,3)20(22(32)33)30-21(31)19(12-25(26,27)28)29-23(34)35-13-18-16-10-6-4-8-14(16)15-9-5-7-11-17(15)18/h4-11,18-20H,12-13H2,1-3H3,(H,29,34)(H,30,31)(H,32,33)/t19?,20-/m1/s1. The highest BCUT2D eigenvalue weighted by Gasteiger charge is 2.40. The first-order valence-corrected chi connectivity index (χ1v) is 11.0. The molecule has 0 saturated heterocycles. The van der Waals surface area contributed by atoms with Gasteiger partial charge in [0.1, 0.15) is 18.7 Å². The Morgan fingerprint density at radius 2 is 1.46 bits per heavy atom. The summed E-state index contributed by atoms with van der Waals surface area (Å²) in [5.74, 6) is -2.99. The lowest BCUT2D eigenvalue weighted by atomic mass is 9.86. The van der Waals surface area contributed by atoms with Gasteiger partial charge in [-0.1, -0.05) is 69.3 Å². The number of amides is 2. The van der Waals surface area contributed by atoms with Crippen molar-refractivity contribution >= 4 is 18.0 Å². The number of alkyl carbamates (subject to hydrolysis) is 1. The monoisotopic (exact) mass is 492 g/mol. The highest BCUT2D eigenvalue weighted by atomic mass is 19.4. The van der Waals surface area contributed by atoms with E-state index >= 15 is 0 Å². The van der Waals surface area contributed by atoms with Crippen LogP contribution in [0.2, 0.25) is 0 Å². The molecule has 7 nitrogen and oxygen atoms in total. The van der Waals surface area contributed by atoms with Crippen molar-refractivity contribution in [3.63, 3.8) is 0 Å².